The Morgan fingerprint density at radius 3 is 2.88 bits per heavy atom. The van der Waals surface area contributed by atoms with Crippen LogP contribution in [0.1, 0.15) is 46.8 Å². The first-order chi connectivity index (χ1) is 12.0. The number of hydrogen-bond acceptors (Lipinski definition) is 2. The van der Waals surface area contributed by atoms with Crippen molar-refractivity contribution in [2.45, 2.75) is 38.5 Å². The fourth-order valence-corrected chi connectivity index (χ4v) is 4.83. The first-order valence-corrected chi connectivity index (χ1v) is 9.18. The van der Waals surface area contributed by atoms with Gasteiger partial charge in [-0.1, -0.05) is 31.2 Å². The van der Waals surface area contributed by atoms with Crippen LogP contribution in [-0.2, 0) is 11.8 Å². The molecular weight excluding hydrogens is 310 g/mol. The molecule has 2 aromatic carbocycles. The Labute approximate surface area is 149 Å². The number of amides is 1. The van der Waals surface area contributed by atoms with E-state index in [4.69, 9.17) is 0 Å². The van der Waals surface area contributed by atoms with Crippen molar-refractivity contribution in [1.82, 2.24) is 5.32 Å². The zero-order chi connectivity index (χ0) is 17.6. The van der Waals surface area contributed by atoms with E-state index >= 15 is 0 Å². The lowest BCUT2D eigenvalue weighted by Crippen LogP contribution is -2.26. The molecule has 2 aromatic rings. The second kappa shape index (κ2) is 5.91. The van der Waals surface area contributed by atoms with Crippen LogP contribution in [0.4, 0.5) is 0 Å². The lowest BCUT2D eigenvalue weighted by Gasteiger charge is -2.17. The minimum atomic E-state index is -0.0577. The Kier molecular flexibility index (Phi) is 3.82. The predicted molar refractivity (Wildman–Crippen MR) is 98.9 cm³/mol. The monoisotopic (exact) mass is 335 g/mol. The number of phenols is 1. The van der Waals surface area contributed by atoms with Crippen molar-refractivity contribution in [3.05, 3.63) is 64.7 Å². The summed E-state index contributed by atoms with van der Waals surface area (Å²) in [5.41, 5.74) is 4.76. The summed E-state index contributed by atoms with van der Waals surface area (Å²) in [5, 5.41) is 12.6. The summed E-state index contributed by atoms with van der Waals surface area (Å²) < 4.78 is 0. The molecule has 0 aromatic heterocycles. The first kappa shape index (κ1) is 16.2. The Balaban J connectivity index is 1.36. The molecule has 4 rings (SSSR count). The number of phenolic OH excluding ortho intramolecular Hbond substituents is 1. The van der Waals surface area contributed by atoms with Crippen LogP contribution in [0.3, 0.4) is 0 Å². The zero-order valence-electron chi connectivity index (χ0n) is 14.9. The molecule has 0 radical (unpaired) electrons. The third kappa shape index (κ3) is 2.62. The molecule has 0 saturated heterocycles. The standard InChI is InChI=1S/C22H25NO2/c1-14-11-17(7-8-20(14)24)21(25)23-10-9-18-13-22(18)15(2)12-16-5-3-4-6-19(16)22/h3-8,11,15,18,24H,9-10,12-13H2,1-2H3,(H,23,25). The zero-order valence-corrected chi connectivity index (χ0v) is 14.9. The number of rotatable bonds is 4. The highest BCUT2D eigenvalue weighted by Crippen LogP contribution is 2.65. The van der Waals surface area contributed by atoms with E-state index in [2.05, 4.69) is 36.5 Å². The highest BCUT2D eigenvalue weighted by Gasteiger charge is 2.60. The second-order valence-corrected chi connectivity index (χ2v) is 7.75. The number of aryl methyl sites for hydroxylation is 1. The van der Waals surface area contributed by atoms with Gasteiger partial charge in [0.25, 0.3) is 5.91 Å². The van der Waals surface area contributed by atoms with E-state index in [1.54, 1.807) is 30.7 Å². The third-order valence-electron chi connectivity index (χ3n) is 6.31. The van der Waals surface area contributed by atoms with Crippen molar-refractivity contribution in [3.8, 4) is 5.75 Å². The molecule has 1 amide bonds. The molecule has 0 heterocycles. The van der Waals surface area contributed by atoms with Crippen LogP contribution >= 0.6 is 0 Å². The maximum atomic E-state index is 12.3. The topological polar surface area (TPSA) is 49.3 Å². The largest absolute Gasteiger partial charge is 0.508 e. The number of fused-ring (bicyclic) bond motifs is 2. The van der Waals surface area contributed by atoms with Gasteiger partial charge in [0.1, 0.15) is 5.75 Å². The van der Waals surface area contributed by atoms with E-state index in [0.717, 1.165) is 12.0 Å². The highest BCUT2D eigenvalue weighted by molar-refractivity contribution is 5.94. The van der Waals surface area contributed by atoms with Gasteiger partial charge in [-0.05, 0) is 72.9 Å². The van der Waals surface area contributed by atoms with Gasteiger partial charge in [0.15, 0.2) is 0 Å². The third-order valence-corrected chi connectivity index (χ3v) is 6.31. The van der Waals surface area contributed by atoms with Gasteiger partial charge < -0.3 is 10.4 Å². The molecule has 3 atom stereocenters. The molecule has 130 valence electrons. The Morgan fingerprint density at radius 2 is 2.08 bits per heavy atom. The molecule has 1 spiro atoms. The van der Waals surface area contributed by atoms with Crippen LogP contribution in [0.25, 0.3) is 0 Å². The molecule has 25 heavy (non-hydrogen) atoms. The molecule has 2 aliphatic rings. The molecule has 2 N–H and O–H groups in total. The minimum absolute atomic E-state index is 0.0577. The Morgan fingerprint density at radius 1 is 1.28 bits per heavy atom. The number of aromatic hydroxyl groups is 1. The smallest absolute Gasteiger partial charge is 0.251 e. The van der Waals surface area contributed by atoms with E-state index in [9.17, 15) is 9.90 Å². The van der Waals surface area contributed by atoms with Gasteiger partial charge in [0.05, 0.1) is 0 Å². The molecule has 2 aliphatic carbocycles. The van der Waals surface area contributed by atoms with Crippen LogP contribution in [0.15, 0.2) is 42.5 Å². The SMILES string of the molecule is Cc1cc(C(=O)NCCC2CC23c2ccccc2CC3C)ccc1O. The van der Waals surface area contributed by atoms with Gasteiger partial charge in [0.2, 0.25) is 0 Å². The van der Waals surface area contributed by atoms with Crippen LogP contribution in [-0.4, -0.2) is 17.6 Å². The minimum Gasteiger partial charge on any atom is -0.508 e. The number of hydrogen-bond donors (Lipinski definition) is 2. The summed E-state index contributed by atoms with van der Waals surface area (Å²) in [6.45, 7) is 4.89. The molecule has 3 nitrogen and oxygen atoms in total. The van der Waals surface area contributed by atoms with Crippen molar-refractivity contribution in [3.63, 3.8) is 0 Å². The van der Waals surface area contributed by atoms with Crippen LogP contribution in [0.2, 0.25) is 0 Å². The fraction of sp³-hybridized carbons (Fsp3) is 0.409. The fourth-order valence-electron chi connectivity index (χ4n) is 4.83. The molecule has 0 bridgehead atoms. The Bertz CT molecular complexity index is 829. The predicted octanol–water partition coefficient (Wildman–Crippen LogP) is 3.97. The van der Waals surface area contributed by atoms with Crippen molar-refractivity contribution in [2.24, 2.45) is 11.8 Å². The van der Waals surface area contributed by atoms with Gasteiger partial charge in [-0.3, -0.25) is 4.79 Å². The molecular formula is C22H25NO2. The van der Waals surface area contributed by atoms with Crippen LogP contribution < -0.4 is 5.32 Å². The molecule has 3 unspecified atom stereocenters. The van der Waals surface area contributed by atoms with Gasteiger partial charge >= 0.3 is 0 Å². The van der Waals surface area contributed by atoms with Crippen molar-refractivity contribution in [1.29, 1.82) is 0 Å². The van der Waals surface area contributed by atoms with Crippen LogP contribution in [0, 0.1) is 18.8 Å². The van der Waals surface area contributed by atoms with E-state index < -0.39 is 0 Å². The quantitative estimate of drug-likeness (QED) is 0.888. The van der Waals surface area contributed by atoms with E-state index in [-0.39, 0.29) is 11.7 Å². The lowest BCUT2D eigenvalue weighted by molar-refractivity contribution is 0.0952. The van der Waals surface area contributed by atoms with Crippen molar-refractivity contribution in [2.75, 3.05) is 6.54 Å². The summed E-state index contributed by atoms with van der Waals surface area (Å²) in [5.74, 6) is 1.54. The summed E-state index contributed by atoms with van der Waals surface area (Å²) in [6.07, 6.45) is 3.46. The number of carbonyl (C=O) groups is 1. The lowest BCUT2D eigenvalue weighted by atomic mass is 9.87. The normalized spacial score (nSPS) is 26.5. The van der Waals surface area contributed by atoms with E-state index in [1.807, 2.05) is 0 Å². The Hall–Kier alpha value is -2.29. The van der Waals surface area contributed by atoms with Crippen molar-refractivity contribution < 1.29 is 9.90 Å². The molecule has 1 fully saturated rings. The maximum absolute atomic E-state index is 12.3. The second-order valence-electron chi connectivity index (χ2n) is 7.75. The summed E-state index contributed by atoms with van der Waals surface area (Å²) in [7, 11) is 0. The van der Waals surface area contributed by atoms with Gasteiger partial charge in [-0.2, -0.15) is 0 Å². The first-order valence-electron chi connectivity index (χ1n) is 9.18. The highest BCUT2D eigenvalue weighted by atomic mass is 16.3. The average Bonchev–Trinajstić information content (AvgIpc) is 3.25. The van der Waals surface area contributed by atoms with Gasteiger partial charge in [-0.15, -0.1) is 0 Å². The van der Waals surface area contributed by atoms with Crippen LogP contribution in [0.5, 0.6) is 5.75 Å². The molecule has 3 heteroatoms. The number of carbonyl (C=O) groups excluding carboxylic acids is 1. The molecule has 1 saturated carbocycles. The summed E-state index contributed by atoms with van der Waals surface area (Å²) in [6, 6.07) is 13.9. The number of benzene rings is 2. The average molecular weight is 335 g/mol. The van der Waals surface area contributed by atoms with E-state index in [1.165, 1.54) is 18.4 Å². The summed E-state index contributed by atoms with van der Waals surface area (Å²) in [4.78, 5) is 12.3. The van der Waals surface area contributed by atoms with Gasteiger partial charge in [0, 0.05) is 17.5 Å². The van der Waals surface area contributed by atoms with Crippen molar-refractivity contribution >= 4 is 5.91 Å². The summed E-state index contributed by atoms with van der Waals surface area (Å²) >= 11 is 0. The number of nitrogens with one attached hydrogen (secondary N) is 1. The molecule has 0 aliphatic heterocycles. The van der Waals surface area contributed by atoms with Gasteiger partial charge in [-0.25, -0.2) is 0 Å². The van der Waals surface area contributed by atoms with E-state index in [0.29, 0.717) is 29.4 Å². The maximum Gasteiger partial charge on any atom is 0.251 e.